The molecule has 1 fully saturated rings. The molecule has 1 aliphatic heterocycles. The van der Waals surface area contributed by atoms with E-state index in [0.717, 1.165) is 18.0 Å². The first kappa shape index (κ1) is 13.9. The normalized spacial score (nSPS) is 19.0. The third kappa shape index (κ3) is 2.67. The Kier molecular flexibility index (Phi) is 3.68. The average Bonchev–Trinajstić information content (AvgIpc) is 3.16. The third-order valence-electron chi connectivity index (χ3n) is 4.68. The number of likely N-dealkylation sites (tertiary alicyclic amines) is 1. The van der Waals surface area contributed by atoms with Gasteiger partial charge in [0.15, 0.2) is 0 Å². The van der Waals surface area contributed by atoms with E-state index in [-0.39, 0.29) is 0 Å². The lowest BCUT2D eigenvalue weighted by molar-refractivity contribution is 0.328. The van der Waals surface area contributed by atoms with Gasteiger partial charge in [-0.15, -0.1) is 12.6 Å². The SMILES string of the molecule is Sc1cccc(C2CCN(Cc3c[nH]c4ccccc34)C2)c1. The Bertz CT molecular complexity index is 793. The van der Waals surface area contributed by atoms with Gasteiger partial charge in [0.25, 0.3) is 0 Å². The number of thiol groups is 1. The number of nitrogens with one attached hydrogen (secondary N) is 1. The average molecular weight is 308 g/mol. The van der Waals surface area contributed by atoms with Crippen molar-refractivity contribution in [3.8, 4) is 0 Å². The molecule has 1 saturated heterocycles. The largest absolute Gasteiger partial charge is 0.361 e. The highest BCUT2D eigenvalue weighted by Crippen LogP contribution is 2.30. The molecule has 3 heteroatoms. The number of nitrogens with zero attached hydrogens (tertiary/aromatic N) is 1. The predicted octanol–water partition coefficient (Wildman–Crippen LogP) is 4.45. The Hall–Kier alpha value is -1.71. The van der Waals surface area contributed by atoms with Gasteiger partial charge in [-0.05, 0) is 48.2 Å². The number of rotatable bonds is 3. The number of H-pyrrole nitrogens is 1. The van der Waals surface area contributed by atoms with E-state index < -0.39 is 0 Å². The molecule has 0 saturated carbocycles. The van der Waals surface area contributed by atoms with Crippen molar-refractivity contribution in [3.63, 3.8) is 0 Å². The Labute approximate surface area is 136 Å². The summed E-state index contributed by atoms with van der Waals surface area (Å²) in [6.45, 7) is 3.33. The molecule has 1 aromatic heterocycles. The molecule has 0 radical (unpaired) electrons. The molecule has 1 aliphatic rings. The minimum absolute atomic E-state index is 0.636. The molecule has 2 aromatic carbocycles. The van der Waals surface area contributed by atoms with Gasteiger partial charge in [0.2, 0.25) is 0 Å². The van der Waals surface area contributed by atoms with Gasteiger partial charge >= 0.3 is 0 Å². The molecule has 0 amide bonds. The van der Waals surface area contributed by atoms with Crippen LogP contribution < -0.4 is 0 Å². The summed E-state index contributed by atoms with van der Waals surface area (Å²) in [6.07, 6.45) is 3.39. The zero-order valence-electron chi connectivity index (χ0n) is 12.5. The first-order chi connectivity index (χ1) is 10.8. The van der Waals surface area contributed by atoms with Crippen LogP contribution in [0.25, 0.3) is 10.9 Å². The zero-order valence-corrected chi connectivity index (χ0v) is 13.4. The first-order valence-electron chi connectivity index (χ1n) is 7.86. The fourth-order valence-corrected chi connectivity index (χ4v) is 3.77. The predicted molar refractivity (Wildman–Crippen MR) is 94.6 cm³/mol. The van der Waals surface area contributed by atoms with Crippen molar-refractivity contribution in [2.24, 2.45) is 0 Å². The molecule has 4 rings (SSSR count). The third-order valence-corrected chi connectivity index (χ3v) is 4.96. The van der Waals surface area contributed by atoms with Gasteiger partial charge in [-0.25, -0.2) is 0 Å². The van der Waals surface area contributed by atoms with E-state index in [9.17, 15) is 0 Å². The van der Waals surface area contributed by atoms with E-state index in [2.05, 4.69) is 71.2 Å². The van der Waals surface area contributed by atoms with Gasteiger partial charge in [-0.2, -0.15) is 0 Å². The summed E-state index contributed by atoms with van der Waals surface area (Å²) in [5, 5.41) is 1.35. The second-order valence-electron chi connectivity index (χ2n) is 6.18. The van der Waals surface area contributed by atoms with Crippen LogP contribution in [0.5, 0.6) is 0 Å². The Balaban J connectivity index is 1.49. The van der Waals surface area contributed by atoms with Crippen LogP contribution in [0.3, 0.4) is 0 Å². The monoisotopic (exact) mass is 308 g/mol. The van der Waals surface area contributed by atoms with Crippen LogP contribution in [-0.2, 0) is 6.54 Å². The Morgan fingerprint density at radius 1 is 1.14 bits per heavy atom. The lowest BCUT2D eigenvalue weighted by Gasteiger charge is -2.16. The minimum atomic E-state index is 0.636. The van der Waals surface area contributed by atoms with E-state index in [4.69, 9.17) is 0 Å². The molecule has 0 aliphatic carbocycles. The maximum Gasteiger partial charge on any atom is 0.0457 e. The van der Waals surface area contributed by atoms with Crippen molar-refractivity contribution in [1.82, 2.24) is 9.88 Å². The van der Waals surface area contributed by atoms with Crippen LogP contribution >= 0.6 is 12.6 Å². The number of para-hydroxylation sites is 1. The lowest BCUT2D eigenvalue weighted by atomic mass is 9.99. The second-order valence-corrected chi connectivity index (χ2v) is 6.69. The fourth-order valence-electron chi connectivity index (χ4n) is 3.53. The van der Waals surface area contributed by atoms with Gasteiger partial charge in [0.1, 0.15) is 0 Å². The first-order valence-corrected chi connectivity index (χ1v) is 8.30. The summed E-state index contributed by atoms with van der Waals surface area (Å²) in [7, 11) is 0. The summed E-state index contributed by atoms with van der Waals surface area (Å²) >= 11 is 4.46. The fraction of sp³-hybridized carbons (Fsp3) is 0.263. The van der Waals surface area contributed by atoms with Crippen molar-refractivity contribution in [3.05, 3.63) is 65.9 Å². The van der Waals surface area contributed by atoms with Gasteiger partial charge in [0.05, 0.1) is 0 Å². The van der Waals surface area contributed by atoms with E-state index in [1.54, 1.807) is 0 Å². The van der Waals surface area contributed by atoms with Gasteiger partial charge in [0, 0.05) is 35.1 Å². The molecule has 2 nitrogen and oxygen atoms in total. The number of aromatic nitrogens is 1. The topological polar surface area (TPSA) is 19.0 Å². The molecule has 1 atom stereocenters. The van der Waals surface area contributed by atoms with Crippen LogP contribution in [-0.4, -0.2) is 23.0 Å². The maximum atomic E-state index is 4.46. The number of hydrogen-bond acceptors (Lipinski definition) is 2. The molecule has 1 unspecified atom stereocenters. The zero-order chi connectivity index (χ0) is 14.9. The van der Waals surface area contributed by atoms with Crippen molar-refractivity contribution in [2.45, 2.75) is 23.8 Å². The lowest BCUT2D eigenvalue weighted by Crippen LogP contribution is -2.19. The number of hydrogen-bond donors (Lipinski definition) is 2. The van der Waals surface area contributed by atoms with Crippen molar-refractivity contribution < 1.29 is 0 Å². The van der Waals surface area contributed by atoms with Crippen molar-refractivity contribution in [1.29, 1.82) is 0 Å². The standard InChI is InChI=1S/C19H20N2S/c22-17-5-3-4-14(10-17)15-8-9-21(12-15)13-16-11-20-19-7-2-1-6-18(16)19/h1-7,10-11,15,20,22H,8-9,12-13H2. The molecular formula is C19H20N2S. The quantitative estimate of drug-likeness (QED) is 0.685. The Morgan fingerprint density at radius 3 is 2.95 bits per heavy atom. The highest BCUT2D eigenvalue weighted by atomic mass is 32.1. The van der Waals surface area contributed by atoms with Gasteiger partial charge < -0.3 is 4.98 Å². The molecule has 112 valence electrons. The Morgan fingerprint density at radius 2 is 2.05 bits per heavy atom. The summed E-state index contributed by atoms with van der Waals surface area (Å²) in [6, 6.07) is 17.2. The highest BCUT2D eigenvalue weighted by molar-refractivity contribution is 7.80. The molecular weight excluding hydrogens is 288 g/mol. The minimum Gasteiger partial charge on any atom is -0.361 e. The van der Waals surface area contributed by atoms with Crippen LogP contribution in [0.2, 0.25) is 0 Å². The van der Waals surface area contributed by atoms with Crippen LogP contribution in [0.1, 0.15) is 23.5 Å². The van der Waals surface area contributed by atoms with Crippen molar-refractivity contribution >= 4 is 23.5 Å². The number of fused-ring (bicyclic) bond motifs is 1. The molecule has 1 N–H and O–H groups in total. The number of aromatic amines is 1. The highest BCUT2D eigenvalue weighted by Gasteiger charge is 2.24. The smallest absolute Gasteiger partial charge is 0.0457 e. The van der Waals surface area contributed by atoms with E-state index in [1.165, 1.54) is 35.0 Å². The summed E-state index contributed by atoms with van der Waals surface area (Å²) < 4.78 is 0. The van der Waals surface area contributed by atoms with Gasteiger partial charge in [-0.1, -0.05) is 30.3 Å². The molecule has 2 heterocycles. The summed E-state index contributed by atoms with van der Waals surface area (Å²) in [5.41, 5.74) is 4.06. The summed E-state index contributed by atoms with van der Waals surface area (Å²) in [4.78, 5) is 7.00. The van der Waals surface area contributed by atoms with E-state index in [0.29, 0.717) is 5.92 Å². The number of benzene rings is 2. The molecule has 0 spiro atoms. The molecule has 0 bridgehead atoms. The molecule has 3 aromatic rings. The van der Waals surface area contributed by atoms with E-state index in [1.807, 2.05) is 6.07 Å². The van der Waals surface area contributed by atoms with E-state index >= 15 is 0 Å². The second kappa shape index (κ2) is 5.82. The summed E-state index contributed by atoms with van der Waals surface area (Å²) in [5.74, 6) is 0.636. The van der Waals surface area contributed by atoms with Crippen LogP contribution in [0, 0.1) is 0 Å². The van der Waals surface area contributed by atoms with Crippen LogP contribution in [0.15, 0.2) is 59.6 Å². The van der Waals surface area contributed by atoms with Crippen molar-refractivity contribution in [2.75, 3.05) is 13.1 Å². The maximum absolute atomic E-state index is 4.46. The molecule has 22 heavy (non-hydrogen) atoms. The van der Waals surface area contributed by atoms with Gasteiger partial charge in [-0.3, -0.25) is 4.90 Å². The van der Waals surface area contributed by atoms with Crippen LogP contribution in [0.4, 0.5) is 0 Å².